The number of aryl methyl sites for hydroxylation is 1. The summed E-state index contributed by atoms with van der Waals surface area (Å²) in [6.07, 6.45) is 2.78. The summed E-state index contributed by atoms with van der Waals surface area (Å²) in [5.41, 5.74) is 4.10. The Labute approximate surface area is 211 Å². The van der Waals surface area contributed by atoms with Gasteiger partial charge in [-0.3, -0.25) is 9.59 Å². The van der Waals surface area contributed by atoms with Gasteiger partial charge in [0.2, 0.25) is 5.91 Å². The number of piperidine rings is 1. The van der Waals surface area contributed by atoms with Gasteiger partial charge < -0.3 is 15.5 Å². The van der Waals surface area contributed by atoms with E-state index in [4.69, 9.17) is 23.2 Å². The molecule has 2 aromatic carbocycles. The highest BCUT2D eigenvalue weighted by atomic mass is 35.5. The summed E-state index contributed by atoms with van der Waals surface area (Å²) in [4.78, 5) is 28.6. The summed E-state index contributed by atoms with van der Waals surface area (Å²) >= 11 is 12.1. The predicted octanol–water partition coefficient (Wildman–Crippen LogP) is 4.93. The fourth-order valence-electron chi connectivity index (χ4n) is 4.33. The highest BCUT2D eigenvalue weighted by Crippen LogP contribution is 2.32. The van der Waals surface area contributed by atoms with Crippen LogP contribution in [-0.2, 0) is 11.3 Å². The number of hydrogen-bond donors (Lipinski definition) is 2. The average Bonchev–Trinajstić information content (AvgIpc) is 3.62. The van der Waals surface area contributed by atoms with Gasteiger partial charge in [0.1, 0.15) is 0 Å². The fourth-order valence-corrected chi connectivity index (χ4v) is 4.63. The molecule has 1 heterocycles. The topological polar surface area (TPSA) is 61.4 Å². The standard InChI is InChI=1S/C25H29Cl2N3O2.ClH/c1-15-4-3-5-18(16(15)2)14-30(19-7-8-19)25(32)20-13-28-11-10-23(20)29-24(31)17-6-9-21(26)22(27)12-17;/h3-6,9,12,19-20,23,28H,7-8,10-11,13-14H2,1-2H3,(H,29,31);1H. The smallest absolute Gasteiger partial charge is 0.251 e. The first-order valence-electron chi connectivity index (χ1n) is 11.2. The SMILES string of the molecule is Cc1cccc(CN(C(=O)C2CNCCC2NC(=O)c2ccc(Cl)c(Cl)c2)C2CC2)c1C.Cl. The maximum atomic E-state index is 13.7. The van der Waals surface area contributed by atoms with E-state index in [1.807, 2.05) is 4.90 Å². The number of amides is 2. The number of nitrogens with one attached hydrogen (secondary N) is 2. The predicted molar refractivity (Wildman–Crippen MR) is 135 cm³/mol. The number of rotatable bonds is 6. The van der Waals surface area contributed by atoms with Gasteiger partial charge in [0.15, 0.2) is 0 Å². The van der Waals surface area contributed by atoms with E-state index in [1.54, 1.807) is 18.2 Å². The van der Waals surface area contributed by atoms with Crippen LogP contribution in [0.4, 0.5) is 0 Å². The number of hydrogen-bond acceptors (Lipinski definition) is 3. The molecule has 0 spiro atoms. The first-order valence-corrected chi connectivity index (χ1v) is 11.9. The number of carbonyl (C=O) groups excluding carboxylic acids is 2. The number of carbonyl (C=O) groups is 2. The summed E-state index contributed by atoms with van der Waals surface area (Å²) in [7, 11) is 0. The van der Waals surface area contributed by atoms with Gasteiger partial charge in [-0.1, -0.05) is 41.4 Å². The third kappa shape index (κ3) is 6.02. The van der Waals surface area contributed by atoms with Crippen LogP contribution in [0.2, 0.25) is 10.0 Å². The van der Waals surface area contributed by atoms with Crippen LogP contribution < -0.4 is 10.6 Å². The van der Waals surface area contributed by atoms with Crippen LogP contribution in [0, 0.1) is 19.8 Å². The third-order valence-corrected chi connectivity index (χ3v) is 7.36. The highest BCUT2D eigenvalue weighted by molar-refractivity contribution is 6.42. The molecule has 2 aromatic rings. The molecule has 2 N–H and O–H groups in total. The summed E-state index contributed by atoms with van der Waals surface area (Å²) in [6.45, 7) is 6.14. The van der Waals surface area contributed by atoms with E-state index >= 15 is 0 Å². The van der Waals surface area contributed by atoms with Crippen molar-refractivity contribution in [1.29, 1.82) is 0 Å². The molecule has 1 saturated heterocycles. The molecule has 2 amide bonds. The Balaban J connectivity index is 0.00000306. The van der Waals surface area contributed by atoms with Crippen molar-refractivity contribution >= 4 is 47.4 Å². The van der Waals surface area contributed by atoms with Crippen molar-refractivity contribution < 1.29 is 9.59 Å². The number of nitrogens with zero attached hydrogens (tertiary/aromatic N) is 1. The molecule has 33 heavy (non-hydrogen) atoms. The summed E-state index contributed by atoms with van der Waals surface area (Å²) in [6, 6.07) is 11.1. The zero-order valence-electron chi connectivity index (χ0n) is 18.9. The summed E-state index contributed by atoms with van der Waals surface area (Å²) in [5.74, 6) is -0.429. The van der Waals surface area contributed by atoms with Gasteiger partial charge in [0.25, 0.3) is 5.91 Å². The average molecular weight is 511 g/mol. The molecule has 5 nitrogen and oxygen atoms in total. The lowest BCUT2D eigenvalue weighted by Gasteiger charge is -2.36. The van der Waals surface area contributed by atoms with Crippen molar-refractivity contribution in [2.24, 2.45) is 5.92 Å². The Morgan fingerprint density at radius 3 is 2.55 bits per heavy atom. The highest BCUT2D eigenvalue weighted by Gasteiger charge is 2.40. The molecule has 1 aliphatic carbocycles. The Bertz CT molecular complexity index is 1030. The van der Waals surface area contributed by atoms with Gasteiger partial charge >= 0.3 is 0 Å². The second kappa shape index (κ2) is 11.1. The van der Waals surface area contributed by atoms with Crippen LogP contribution in [-0.4, -0.2) is 41.9 Å². The maximum absolute atomic E-state index is 13.7. The van der Waals surface area contributed by atoms with Crippen molar-refractivity contribution in [3.63, 3.8) is 0 Å². The van der Waals surface area contributed by atoms with E-state index in [-0.39, 0.29) is 42.2 Å². The number of halogens is 3. The largest absolute Gasteiger partial charge is 0.348 e. The van der Waals surface area contributed by atoms with E-state index in [9.17, 15) is 9.59 Å². The molecule has 0 bridgehead atoms. The van der Waals surface area contributed by atoms with E-state index in [0.29, 0.717) is 35.1 Å². The molecule has 4 rings (SSSR count). The Kier molecular flexibility index (Phi) is 8.68. The normalized spacial score (nSPS) is 20.0. The second-order valence-corrected chi connectivity index (χ2v) is 9.68. The third-order valence-electron chi connectivity index (χ3n) is 6.63. The van der Waals surface area contributed by atoms with Crippen LogP contribution in [0.5, 0.6) is 0 Å². The minimum Gasteiger partial charge on any atom is -0.348 e. The maximum Gasteiger partial charge on any atom is 0.251 e. The molecule has 1 aliphatic heterocycles. The fraction of sp³-hybridized carbons (Fsp3) is 0.440. The van der Waals surface area contributed by atoms with Gasteiger partial charge in [-0.05, 0) is 74.5 Å². The lowest BCUT2D eigenvalue weighted by atomic mass is 9.91. The molecule has 2 aliphatic rings. The van der Waals surface area contributed by atoms with Crippen molar-refractivity contribution in [2.45, 2.75) is 51.7 Å². The second-order valence-electron chi connectivity index (χ2n) is 8.86. The molecular weight excluding hydrogens is 481 g/mol. The molecule has 1 saturated carbocycles. The Hall–Kier alpha value is -1.79. The lowest BCUT2D eigenvalue weighted by Crippen LogP contribution is -2.55. The van der Waals surface area contributed by atoms with Crippen LogP contribution in [0.15, 0.2) is 36.4 Å². The van der Waals surface area contributed by atoms with Crippen LogP contribution in [0.3, 0.4) is 0 Å². The van der Waals surface area contributed by atoms with Crippen LogP contribution >= 0.6 is 35.6 Å². The lowest BCUT2D eigenvalue weighted by molar-refractivity contribution is -0.138. The molecule has 178 valence electrons. The molecule has 2 unspecified atom stereocenters. The van der Waals surface area contributed by atoms with Gasteiger partial charge in [0, 0.05) is 30.7 Å². The monoisotopic (exact) mass is 509 g/mol. The van der Waals surface area contributed by atoms with Crippen molar-refractivity contribution in [2.75, 3.05) is 13.1 Å². The van der Waals surface area contributed by atoms with E-state index in [1.165, 1.54) is 16.7 Å². The van der Waals surface area contributed by atoms with Gasteiger partial charge in [-0.25, -0.2) is 0 Å². The van der Waals surface area contributed by atoms with Gasteiger partial charge in [0.05, 0.1) is 16.0 Å². The first kappa shape index (κ1) is 25.8. The zero-order chi connectivity index (χ0) is 22.8. The number of benzene rings is 2. The minimum absolute atomic E-state index is 0. The zero-order valence-corrected chi connectivity index (χ0v) is 21.2. The molecule has 0 aromatic heterocycles. The Morgan fingerprint density at radius 2 is 1.85 bits per heavy atom. The molecular formula is C25H30Cl3N3O2. The van der Waals surface area contributed by atoms with Crippen molar-refractivity contribution in [3.05, 3.63) is 68.7 Å². The van der Waals surface area contributed by atoms with Gasteiger partial charge in [-0.15, -0.1) is 12.4 Å². The Morgan fingerprint density at radius 1 is 1.09 bits per heavy atom. The molecule has 8 heteroatoms. The van der Waals surface area contributed by atoms with Crippen molar-refractivity contribution in [3.8, 4) is 0 Å². The van der Waals surface area contributed by atoms with E-state index in [0.717, 1.165) is 19.4 Å². The summed E-state index contributed by atoms with van der Waals surface area (Å²) in [5, 5.41) is 7.17. The van der Waals surface area contributed by atoms with Crippen LogP contribution in [0.1, 0.15) is 46.3 Å². The summed E-state index contributed by atoms with van der Waals surface area (Å²) < 4.78 is 0. The molecule has 2 atom stereocenters. The molecule has 2 fully saturated rings. The quantitative estimate of drug-likeness (QED) is 0.579. The first-order chi connectivity index (χ1) is 15.3. The van der Waals surface area contributed by atoms with Gasteiger partial charge in [-0.2, -0.15) is 0 Å². The van der Waals surface area contributed by atoms with Crippen molar-refractivity contribution in [1.82, 2.24) is 15.5 Å². The van der Waals surface area contributed by atoms with E-state index in [2.05, 4.69) is 42.7 Å². The van der Waals surface area contributed by atoms with Crippen LogP contribution in [0.25, 0.3) is 0 Å². The minimum atomic E-state index is -0.304. The molecule has 0 radical (unpaired) electrons. The van der Waals surface area contributed by atoms with E-state index < -0.39 is 0 Å².